The smallest absolute Gasteiger partial charge is 0.231 e. The molecule has 1 N–H and O–H groups in total. The molecule has 2 aromatic rings. The van der Waals surface area contributed by atoms with Gasteiger partial charge in [-0.25, -0.2) is 0 Å². The Hall–Kier alpha value is -2.08. The fourth-order valence-corrected chi connectivity index (χ4v) is 2.62. The van der Waals surface area contributed by atoms with Crippen molar-refractivity contribution in [2.75, 3.05) is 19.9 Å². The zero-order valence-corrected chi connectivity index (χ0v) is 11.0. The molecule has 0 spiro atoms. The van der Waals surface area contributed by atoms with Crippen molar-refractivity contribution in [3.05, 3.63) is 24.1 Å². The van der Waals surface area contributed by atoms with E-state index in [9.17, 15) is 0 Å². The minimum atomic E-state index is 0.269. The third kappa shape index (κ3) is 2.02. The van der Waals surface area contributed by atoms with Gasteiger partial charge >= 0.3 is 0 Å². The molecule has 1 saturated heterocycles. The molecule has 1 fully saturated rings. The van der Waals surface area contributed by atoms with E-state index in [1.165, 1.54) is 0 Å². The molecule has 0 amide bonds. The Morgan fingerprint density at radius 2 is 1.95 bits per heavy atom. The molecule has 0 atom stereocenters. The van der Waals surface area contributed by atoms with Crippen LogP contribution in [0.2, 0.25) is 0 Å². The highest BCUT2D eigenvalue weighted by Gasteiger charge is 2.22. The Balaban J connectivity index is 1.61. The van der Waals surface area contributed by atoms with Crippen molar-refractivity contribution < 1.29 is 14.0 Å². The van der Waals surface area contributed by atoms with Gasteiger partial charge in [-0.05, 0) is 44.1 Å². The molecule has 0 aliphatic carbocycles. The number of ether oxygens (including phenoxy) is 2. The lowest BCUT2D eigenvalue weighted by Crippen LogP contribution is -2.26. The van der Waals surface area contributed by atoms with E-state index < -0.39 is 0 Å². The van der Waals surface area contributed by atoms with Gasteiger partial charge in [-0.2, -0.15) is 4.98 Å². The van der Waals surface area contributed by atoms with Gasteiger partial charge < -0.3 is 19.3 Å². The Morgan fingerprint density at radius 3 is 2.85 bits per heavy atom. The van der Waals surface area contributed by atoms with Crippen LogP contribution in [0.15, 0.2) is 22.7 Å². The molecule has 6 nitrogen and oxygen atoms in total. The van der Waals surface area contributed by atoms with E-state index in [0.29, 0.717) is 11.7 Å². The number of hydrogen-bond donors (Lipinski definition) is 1. The van der Waals surface area contributed by atoms with E-state index in [0.717, 1.165) is 48.9 Å². The maximum Gasteiger partial charge on any atom is 0.231 e. The molecular weight excluding hydrogens is 258 g/mol. The molecule has 4 rings (SSSR count). The van der Waals surface area contributed by atoms with Crippen LogP contribution in [0.1, 0.15) is 24.7 Å². The zero-order chi connectivity index (χ0) is 13.4. The Labute approximate surface area is 116 Å². The quantitative estimate of drug-likeness (QED) is 0.901. The first-order valence-electron chi connectivity index (χ1n) is 6.84. The summed E-state index contributed by atoms with van der Waals surface area (Å²) < 4.78 is 16.1. The summed E-state index contributed by atoms with van der Waals surface area (Å²) >= 11 is 0. The number of benzene rings is 1. The van der Waals surface area contributed by atoms with Crippen molar-refractivity contribution in [2.24, 2.45) is 0 Å². The van der Waals surface area contributed by atoms with Gasteiger partial charge in [-0.3, -0.25) is 0 Å². The Bertz CT molecular complexity index is 620. The second kappa shape index (κ2) is 4.79. The lowest BCUT2D eigenvalue weighted by Gasteiger charge is -2.18. The summed E-state index contributed by atoms with van der Waals surface area (Å²) in [4.78, 5) is 4.53. The van der Waals surface area contributed by atoms with E-state index in [1.54, 1.807) is 0 Å². The van der Waals surface area contributed by atoms with Gasteiger partial charge in [0, 0.05) is 11.5 Å². The van der Waals surface area contributed by atoms with Gasteiger partial charge in [0.05, 0.1) is 0 Å². The standard InChI is InChI=1S/C14H15N3O3/c1-2-11-12(19-8-18-11)7-10(1)13-16-14(20-17-13)9-3-5-15-6-4-9/h1-2,7,9,15H,3-6,8H2. The summed E-state index contributed by atoms with van der Waals surface area (Å²) in [7, 11) is 0. The van der Waals surface area contributed by atoms with Crippen LogP contribution < -0.4 is 14.8 Å². The van der Waals surface area contributed by atoms with Gasteiger partial charge in [-0.15, -0.1) is 0 Å². The summed E-state index contributed by atoms with van der Waals surface area (Å²) in [5.41, 5.74) is 0.887. The van der Waals surface area contributed by atoms with Gasteiger partial charge in [0.2, 0.25) is 18.5 Å². The van der Waals surface area contributed by atoms with Crippen molar-refractivity contribution in [2.45, 2.75) is 18.8 Å². The average molecular weight is 273 g/mol. The molecule has 2 aliphatic heterocycles. The molecule has 6 heteroatoms. The highest BCUT2D eigenvalue weighted by atomic mass is 16.7. The first-order valence-corrected chi connectivity index (χ1v) is 6.84. The maximum atomic E-state index is 5.42. The molecule has 2 aliphatic rings. The highest BCUT2D eigenvalue weighted by Crippen LogP contribution is 2.35. The maximum absolute atomic E-state index is 5.42. The number of piperidine rings is 1. The summed E-state index contributed by atoms with van der Waals surface area (Å²) in [5.74, 6) is 3.20. The second-order valence-electron chi connectivity index (χ2n) is 5.05. The van der Waals surface area contributed by atoms with Crippen LogP contribution in [-0.2, 0) is 0 Å². The summed E-state index contributed by atoms with van der Waals surface area (Å²) in [5, 5.41) is 7.42. The van der Waals surface area contributed by atoms with Crippen molar-refractivity contribution in [3.63, 3.8) is 0 Å². The SMILES string of the molecule is c1cc2c(cc1-c1noc(C3CCNCC3)n1)OCO2. The normalized spacial score (nSPS) is 18.4. The van der Waals surface area contributed by atoms with E-state index in [1.807, 2.05) is 18.2 Å². The van der Waals surface area contributed by atoms with Crippen LogP contribution in [0.5, 0.6) is 11.5 Å². The zero-order valence-electron chi connectivity index (χ0n) is 11.0. The fourth-order valence-electron chi connectivity index (χ4n) is 2.62. The van der Waals surface area contributed by atoms with Crippen LogP contribution in [0, 0.1) is 0 Å². The predicted molar refractivity (Wildman–Crippen MR) is 70.7 cm³/mol. The van der Waals surface area contributed by atoms with Gasteiger partial charge in [0.25, 0.3) is 0 Å². The third-order valence-electron chi connectivity index (χ3n) is 3.76. The number of aromatic nitrogens is 2. The van der Waals surface area contributed by atoms with Crippen LogP contribution in [0.3, 0.4) is 0 Å². The molecule has 0 radical (unpaired) electrons. The number of hydrogen-bond acceptors (Lipinski definition) is 6. The number of fused-ring (bicyclic) bond motifs is 1. The summed E-state index contributed by atoms with van der Waals surface area (Å²) in [6.45, 7) is 2.28. The van der Waals surface area contributed by atoms with Crippen LogP contribution in [0.25, 0.3) is 11.4 Å². The summed E-state index contributed by atoms with van der Waals surface area (Å²) in [6.07, 6.45) is 2.09. The summed E-state index contributed by atoms with van der Waals surface area (Å²) in [6, 6.07) is 5.68. The van der Waals surface area contributed by atoms with E-state index in [2.05, 4.69) is 15.5 Å². The molecule has 0 bridgehead atoms. The molecule has 0 saturated carbocycles. The molecule has 1 aromatic carbocycles. The average Bonchev–Trinajstić information content (AvgIpc) is 3.16. The predicted octanol–water partition coefficient (Wildman–Crippen LogP) is 1.93. The molecule has 0 unspecified atom stereocenters. The molecular formula is C14H15N3O3. The molecule has 1 aromatic heterocycles. The number of nitrogens with zero attached hydrogens (tertiary/aromatic N) is 2. The van der Waals surface area contributed by atoms with Crippen molar-refractivity contribution in [3.8, 4) is 22.9 Å². The van der Waals surface area contributed by atoms with Crippen LogP contribution >= 0.6 is 0 Å². The second-order valence-corrected chi connectivity index (χ2v) is 5.05. The van der Waals surface area contributed by atoms with Gasteiger partial charge in [0.1, 0.15) is 0 Å². The first-order chi connectivity index (χ1) is 9.90. The highest BCUT2D eigenvalue weighted by molar-refractivity contribution is 5.61. The fraction of sp³-hybridized carbons (Fsp3) is 0.429. The van der Waals surface area contributed by atoms with Crippen molar-refractivity contribution >= 4 is 0 Å². The number of nitrogens with one attached hydrogen (secondary N) is 1. The monoisotopic (exact) mass is 273 g/mol. The number of rotatable bonds is 2. The lowest BCUT2D eigenvalue weighted by molar-refractivity contribution is 0.174. The van der Waals surface area contributed by atoms with Crippen LogP contribution in [0.4, 0.5) is 0 Å². The minimum absolute atomic E-state index is 0.269. The van der Waals surface area contributed by atoms with E-state index in [-0.39, 0.29) is 6.79 Å². The van der Waals surface area contributed by atoms with Crippen LogP contribution in [-0.4, -0.2) is 30.0 Å². The molecule has 20 heavy (non-hydrogen) atoms. The van der Waals surface area contributed by atoms with Gasteiger partial charge in [0.15, 0.2) is 11.5 Å². The van der Waals surface area contributed by atoms with E-state index in [4.69, 9.17) is 14.0 Å². The largest absolute Gasteiger partial charge is 0.454 e. The topological polar surface area (TPSA) is 69.4 Å². The molecule has 3 heterocycles. The van der Waals surface area contributed by atoms with E-state index >= 15 is 0 Å². The first kappa shape index (κ1) is 11.7. The van der Waals surface area contributed by atoms with Gasteiger partial charge in [-0.1, -0.05) is 5.16 Å². The Morgan fingerprint density at radius 1 is 1.10 bits per heavy atom. The third-order valence-corrected chi connectivity index (χ3v) is 3.76. The Kier molecular flexibility index (Phi) is 2.81. The minimum Gasteiger partial charge on any atom is -0.454 e. The lowest BCUT2D eigenvalue weighted by atomic mass is 9.98. The van der Waals surface area contributed by atoms with Crippen molar-refractivity contribution in [1.29, 1.82) is 0 Å². The van der Waals surface area contributed by atoms with Crippen molar-refractivity contribution in [1.82, 2.24) is 15.5 Å². The molecule has 104 valence electrons.